The SMILES string of the molecule is CCc1nc(C(N)=O)nc2ccc(C)cc12. The third-order valence-electron chi connectivity index (χ3n) is 2.49. The minimum atomic E-state index is -0.586. The molecule has 0 unspecified atom stereocenters. The number of nitrogens with zero attached hydrogens (tertiary/aromatic N) is 2. The Labute approximate surface area is 93.5 Å². The zero-order valence-electron chi connectivity index (χ0n) is 9.32. The van der Waals surface area contributed by atoms with E-state index in [0.717, 1.165) is 28.6 Å². The van der Waals surface area contributed by atoms with Gasteiger partial charge in [0.1, 0.15) is 0 Å². The number of nitrogens with two attached hydrogens (primary N) is 1. The molecule has 4 nitrogen and oxygen atoms in total. The molecule has 0 saturated carbocycles. The van der Waals surface area contributed by atoms with E-state index in [0.29, 0.717) is 0 Å². The molecular weight excluding hydrogens is 202 g/mol. The molecule has 0 aliphatic carbocycles. The average molecular weight is 215 g/mol. The number of carbonyl (C=O) groups is 1. The summed E-state index contributed by atoms with van der Waals surface area (Å²) in [5.74, 6) is -0.495. The Morgan fingerprint density at radius 3 is 2.75 bits per heavy atom. The lowest BCUT2D eigenvalue weighted by molar-refractivity contribution is 0.0990. The zero-order chi connectivity index (χ0) is 11.7. The minimum absolute atomic E-state index is 0.0909. The van der Waals surface area contributed by atoms with Crippen LogP contribution in [-0.4, -0.2) is 15.9 Å². The maximum Gasteiger partial charge on any atom is 0.286 e. The molecule has 0 spiro atoms. The third-order valence-corrected chi connectivity index (χ3v) is 2.49. The molecule has 1 heterocycles. The first kappa shape index (κ1) is 10.5. The summed E-state index contributed by atoms with van der Waals surface area (Å²) in [6, 6.07) is 5.87. The Morgan fingerprint density at radius 2 is 2.12 bits per heavy atom. The molecule has 0 aliphatic rings. The van der Waals surface area contributed by atoms with E-state index >= 15 is 0 Å². The second-order valence-corrected chi connectivity index (χ2v) is 3.73. The summed E-state index contributed by atoms with van der Waals surface area (Å²) in [7, 11) is 0. The maximum absolute atomic E-state index is 11.1. The largest absolute Gasteiger partial charge is 0.363 e. The first-order valence-electron chi connectivity index (χ1n) is 5.19. The number of hydrogen-bond donors (Lipinski definition) is 1. The van der Waals surface area contributed by atoms with Crippen molar-refractivity contribution in [1.82, 2.24) is 9.97 Å². The molecule has 2 rings (SSSR count). The smallest absolute Gasteiger partial charge is 0.286 e. The second-order valence-electron chi connectivity index (χ2n) is 3.73. The Bertz CT molecular complexity index is 563. The van der Waals surface area contributed by atoms with Gasteiger partial charge >= 0.3 is 0 Å². The highest BCUT2D eigenvalue weighted by Gasteiger charge is 2.10. The van der Waals surface area contributed by atoms with Crippen molar-refractivity contribution in [3.63, 3.8) is 0 Å². The fourth-order valence-corrected chi connectivity index (χ4v) is 1.69. The van der Waals surface area contributed by atoms with Crippen LogP contribution >= 0.6 is 0 Å². The van der Waals surface area contributed by atoms with Gasteiger partial charge in [-0.15, -0.1) is 0 Å². The molecule has 0 aliphatic heterocycles. The quantitative estimate of drug-likeness (QED) is 0.827. The van der Waals surface area contributed by atoms with Gasteiger partial charge in [0.25, 0.3) is 5.91 Å². The minimum Gasteiger partial charge on any atom is -0.363 e. The van der Waals surface area contributed by atoms with Crippen LogP contribution in [-0.2, 0) is 6.42 Å². The molecule has 0 bridgehead atoms. The van der Waals surface area contributed by atoms with Crippen LogP contribution < -0.4 is 5.73 Å². The number of aromatic nitrogens is 2. The van der Waals surface area contributed by atoms with Crippen LogP contribution in [0, 0.1) is 6.92 Å². The summed E-state index contributed by atoms with van der Waals surface area (Å²) < 4.78 is 0. The predicted octanol–water partition coefficient (Wildman–Crippen LogP) is 1.60. The fourth-order valence-electron chi connectivity index (χ4n) is 1.69. The van der Waals surface area contributed by atoms with Crippen molar-refractivity contribution in [1.29, 1.82) is 0 Å². The van der Waals surface area contributed by atoms with Crippen molar-refractivity contribution in [3.05, 3.63) is 35.3 Å². The van der Waals surface area contributed by atoms with Crippen molar-refractivity contribution in [3.8, 4) is 0 Å². The number of benzene rings is 1. The van der Waals surface area contributed by atoms with E-state index < -0.39 is 5.91 Å². The lowest BCUT2D eigenvalue weighted by Gasteiger charge is -2.05. The van der Waals surface area contributed by atoms with E-state index in [-0.39, 0.29) is 5.82 Å². The van der Waals surface area contributed by atoms with Crippen molar-refractivity contribution in [2.75, 3.05) is 0 Å². The van der Waals surface area contributed by atoms with E-state index in [9.17, 15) is 4.79 Å². The van der Waals surface area contributed by atoms with E-state index in [2.05, 4.69) is 9.97 Å². The number of primary amides is 1. The topological polar surface area (TPSA) is 68.9 Å². The van der Waals surface area contributed by atoms with Crippen molar-refractivity contribution in [2.45, 2.75) is 20.3 Å². The molecule has 0 fully saturated rings. The van der Waals surface area contributed by atoms with Crippen molar-refractivity contribution < 1.29 is 4.79 Å². The van der Waals surface area contributed by atoms with Crippen LogP contribution in [0.2, 0.25) is 0 Å². The van der Waals surface area contributed by atoms with Gasteiger partial charge in [-0.25, -0.2) is 9.97 Å². The van der Waals surface area contributed by atoms with E-state index in [4.69, 9.17) is 5.73 Å². The van der Waals surface area contributed by atoms with E-state index in [1.165, 1.54) is 0 Å². The predicted molar refractivity (Wildman–Crippen MR) is 62.2 cm³/mol. The lowest BCUT2D eigenvalue weighted by atomic mass is 10.1. The lowest BCUT2D eigenvalue weighted by Crippen LogP contribution is -2.16. The molecule has 1 aromatic carbocycles. The monoisotopic (exact) mass is 215 g/mol. The van der Waals surface area contributed by atoms with Crippen LogP contribution in [0.3, 0.4) is 0 Å². The Kier molecular flexibility index (Phi) is 2.56. The maximum atomic E-state index is 11.1. The van der Waals surface area contributed by atoms with Gasteiger partial charge in [-0.1, -0.05) is 18.6 Å². The highest BCUT2D eigenvalue weighted by molar-refractivity contribution is 5.92. The fraction of sp³-hybridized carbons (Fsp3) is 0.250. The number of hydrogen-bond acceptors (Lipinski definition) is 3. The van der Waals surface area contributed by atoms with E-state index in [1.807, 2.05) is 32.0 Å². The highest BCUT2D eigenvalue weighted by Crippen LogP contribution is 2.18. The van der Waals surface area contributed by atoms with E-state index in [1.54, 1.807) is 0 Å². The summed E-state index contributed by atoms with van der Waals surface area (Å²) in [4.78, 5) is 19.4. The molecule has 1 aromatic heterocycles. The van der Waals surface area contributed by atoms with Gasteiger partial charge in [0.2, 0.25) is 5.82 Å². The van der Waals surface area contributed by atoms with Crippen molar-refractivity contribution in [2.24, 2.45) is 5.73 Å². The van der Waals surface area contributed by atoms with Crippen molar-refractivity contribution >= 4 is 16.8 Å². The van der Waals surface area contributed by atoms with Gasteiger partial charge in [0, 0.05) is 5.39 Å². The van der Waals surface area contributed by atoms with Gasteiger partial charge in [-0.3, -0.25) is 4.79 Å². The summed E-state index contributed by atoms with van der Waals surface area (Å²) in [6.07, 6.45) is 0.753. The van der Waals surface area contributed by atoms with Gasteiger partial charge in [0.15, 0.2) is 0 Å². The highest BCUT2D eigenvalue weighted by atomic mass is 16.1. The summed E-state index contributed by atoms with van der Waals surface area (Å²) in [5, 5.41) is 0.993. The number of carbonyl (C=O) groups excluding carboxylic acids is 1. The number of amides is 1. The number of fused-ring (bicyclic) bond motifs is 1. The second kappa shape index (κ2) is 3.89. The Morgan fingerprint density at radius 1 is 1.38 bits per heavy atom. The summed E-state index contributed by atoms with van der Waals surface area (Å²) >= 11 is 0. The van der Waals surface area contributed by atoms with Crippen LogP contribution in [0.4, 0.5) is 0 Å². The Hall–Kier alpha value is -1.97. The molecule has 0 atom stereocenters. The Balaban J connectivity index is 2.78. The number of rotatable bonds is 2. The molecule has 0 saturated heterocycles. The summed E-state index contributed by atoms with van der Waals surface area (Å²) in [5.41, 5.74) is 7.98. The van der Waals surface area contributed by atoms with Crippen LogP contribution in [0.1, 0.15) is 28.8 Å². The zero-order valence-corrected chi connectivity index (χ0v) is 9.32. The number of aryl methyl sites for hydroxylation is 2. The molecule has 2 aromatic rings. The van der Waals surface area contributed by atoms with Gasteiger partial charge in [-0.05, 0) is 25.5 Å². The third kappa shape index (κ3) is 1.74. The standard InChI is InChI=1S/C12H13N3O/c1-3-9-8-6-7(2)4-5-10(8)15-12(14-9)11(13)16/h4-6H,3H2,1-2H3,(H2,13,16). The van der Waals surface area contributed by atoms with Crippen LogP contribution in [0.5, 0.6) is 0 Å². The molecular formula is C12H13N3O. The molecule has 0 radical (unpaired) electrons. The van der Waals surface area contributed by atoms with Gasteiger partial charge in [0.05, 0.1) is 11.2 Å². The summed E-state index contributed by atoms with van der Waals surface area (Å²) in [6.45, 7) is 4.01. The van der Waals surface area contributed by atoms with Gasteiger partial charge in [-0.2, -0.15) is 0 Å². The molecule has 4 heteroatoms. The molecule has 1 amide bonds. The van der Waals surface area contributed by atoms with Crippen LogP contribution in [0.15, 0.2) is 18.2 Å². The molecule has 2 N–H and O–H groups in total. The normalized spacial score (nSPS) is 10.6. The first-order valence-corrected chi connectivity index (χ1v) is 5.19. The molecule has 82 valence electrons. The average Bonchev–Trinajstić information content (AvgIpc) is 2.27. The van der Waals surface area contributed by atoms with Crippen LogP contribution in [0.25, 0.3) is 10.9 Å². The first-order chi connectivity index (χ1) is 7.61. The molecule has 16 heavy (non-hydrogen) atoms. The van der Waals surface area contributed by atoms with Gasteiger partial charge < -0.3 is 5.73 Å².